The van der Waals surface area contributed by atoms with Gasteiger partial charge in [-0.3, -0.25) is 0 Å². The van der Waals surface area contributed by atoms with E-state index in [1.807, 2.05) is 0 Å². The number of hydrogen-bond donors (Lipinski definition) is 0. The molecule has 0 aromatic rings. The summed E-state index contributed by atoms with van der Waals surface area (Å²) in [5.41, 5.74) is 0. The van der Waals surface area contributed by atoms with Gasteiger partial charge in [-0.15, -0.1) is 0 Å². The second-order valence-electron chi connectivity index (χ2n) is 5.08. The number of ether oxygens (including phenoxy) is 2. The van der Waals surface area contributed by atoms with Crippen molar-refractivity contribution in [3.63, 3.8) is 0 Å². The van der Waals surface area contributed by atoms with Gasteiger partial charge in [0.25, 0.3) is 0 Å². The fourth-order valence-electron chi connectivity index (χ4n) is 1.41. The number of rotatable bonds is 6. The summed E-state index contributed by atoms with van der Waals surface area (Å²) >= 11 is 0. The molecule has 1 saturated heterocycles. The first-order chi connectivity index (χ1) is 6.01. The van der Waals surface area contributed by atoms with E-state index in [0.717, 1.165) is 19.6 Å². The lowest BCUT2D eigenvalue weighted by atomic mass is 10.3. The van der Waals surface area contributed by atoms with Crippen molar-refractivity contribution in [1.82, 2.24) is 0 Å². The zero-order valence-corrected chi connectivity index (χ0v) is 10.3. The molecule has 2 atom stereocenters. The van der Waals surface area contributed by atoms with Gasteiger partial charge in [-0.1, -0.05) is 26.6 Å². The summed E-state index contributed by atoms with van der Waals surface area (Å²) in [7, 11) is -0.959. The molecule has 0 aromatic heterocycles. The molecule has 13 heavy (non-hydrogen) atoms. The van der Waals surface area contributed by atoms with Gasteiger partial charge in [-0.25, -0.2) is 0 Å². The van der Waals surface area contributed by atoms with Crippen LogP contribution in [0.25, 0.3) is 0 Å². The maximum atomic E-state index is 5.80. The van der Waals surface area contributed by atoms with Crippen LogP contribution in [-0.4, -0.2) is 33.5 Å². The first-order valence-electron chi connectivity index (χ1n) is 5.24. The minimum atomic E-state index is -0.959. The lowest BCUT2D eigenvalue weighted by Crippen LogP contribution is -2.29. The zero-order valence-electron chi connectivity index (χ0n) is 9.30. The Labute approximate surface area is 82.6 Å². The van der Waals surface area contributed by atoms with Gasteiger partial charge in [0, 0.05) is 8.07 Å². The zero-order chi connectivity index (χ0) is 9.90. The molecule has 1 rings (SSSR count). The molecule has 1 heterocycles. The maximum absolute atomic E-state index is 5.80. The lowest BCUT2D eigenvalue weighted by Gasteiger charge is -2.23. The lowest BCUT2D eigenvalue weighted by molar-refractivity contribution is 0.0515. The Kier molecular flexibility index (Phi) is 3.95. The van der Waals surface area contributed by atoms with Crippen molar-refractivity contribution >= 4 is 8.07 Å². The summed E-state index contributed by atoms with van der Waals surface area (Å²) < 4.78 is 10.9. The van der Waals surface area contributed by atoms with Crippen molar-refractivity contribution < 1.29 is 9.47 Å². The molecule has 0 aliphatic carbocycles. The molecule has 2 unspecified atom stereocenters. The topological polar surface area (TPSA) is 21.8 Å². The Morgan fingerprint density at radius 1 is 1.46 bits per heavy atom. The van der Waals surface area contributed by atoms with Gasteiger partial charge in [-0.2, -0.15) is 0 Å². The van der Waals surface area contributed by atoms with E-state index in [9.17, 15) is 0 Å². The number of epoxide rings is 1. The molecule has 0 bridgehead atoms. The molecule has 1 aliphatic heterocycles. The Hall–Kier alpha value is 0.137. The Bertz CT molecular complexity index is 149. The van der Waals surface area contributed by atoms with E-state index in [0.29, 0.717) is 12.2 Å². The van der Waals surface area contributed by atoms with Gasteiger partial charge in [0.15, 0.2) is 0 Å². The van der Waals surface area contributed by atoms with Gasteiger partial charge in [-0.05, 0) is 12.5 Å². The van der Waals surface area contributed by atoms with Crippen LogP contribution in [0.15, 0.2) is 0 Å². The molecule has 0 amide bonds. The molecular weight excluding hydrogens is 180 g/mol. The molecule has 3 heteroatoms. The third-order valence-corrected chi connectivity index (χ3v) is 3.90. The van der Waals surface area contributed by atoms with Crippen molar-refractivity contribution in [3.05, 3.63) is 0 Å². The van der Waals surface area contributed by atoms with Crippen molar-refractivity contribution in [2.24, 2.45) is 0 Å². The summed E-state index contributed by atoms with van der Waals surface area (Å²) in [5.74, 6) is 0. The van der Waals surface area contributed by atoms with E-state index in [1.54, 1.807) is 0 Å². The van der Waals surface area contributed by atoms with Crippen LogP contribution in [-0.2, 0) is 9.47 Å². The van der Waals surface area contributed by atoms with Crippen molar-refractivity contribution in [3.8, 4) is 0 Å². The smallest absolute Gasteiger partial charge is 0.104 e. The van der Waals surface area contributed by atoms with Crippen LogP contribution in [0.1, 0.15) is 13.3 Å². The van der Waals surface area contributed by atoms with Crippen LogP contribution < -0.4 is 0 Å². The minimum absolute atomic E-state index is 0.413. The van der Waals surface area contributed by atoms with Gasteiger partial charge in [0.1, 0.15) is 6.10 Å². The highest BCUT2D eigenvalue weighted by Gasteiger charge is 2.25. The summed E-state index contributed by atoms with van der Waals surface area (Å²) in [6.45, 7) is 11.1. The molecule has 1 fully saturated rings. The SMILES string of the molecule is CCC(C[Si](C)(C)C)OCC1CO1. The van der Waals surface area contributed by atoms with E-state index in [1.165, 1.54) is 6.04 Å². The molecule has 0 spiro atoms. The Morgan fingerprint density at radius 3 is 2.46 bits per heavy atom. The maximum Gasteiger partial charge on any atom is 0.104 e. The summed E-state index contributed by atoms with van der Waals surface area (Å²) in [4.78, 5) is 0. The molecule has 0 saturated carbocycles. The second kappa shape index (κ2) is 4.58. The van der Waals surface area contributed by atoms with Gasteiger partial charge >= 0.3 is 0 Å². The monoisotopic (exact) mass is 202 g/mol. The second-order valence-corrected chi connectivity index (χ2v) is 10.6. The Balaban J connectivity index is 2.16. The molecular formula is C10H22O2Si. The van der Waals surface area contributed by atoms with Crippen molar-refractivity contribution in [2.75, 3.05) is 13.2 Å². The van der Waals surface area contributed by atoms with E-state index < -0.39 is 8.07 Å². The fraction of sp³-hybridized carbons (Fsp3) is 1.00. The van der Waals surface area contributed by atoms with E-state index in [4.69, 9.17) is 9.47 Å². The fourth-order valence-corrected chi connectivity index (χ4v) is 3.18. The van der Waals surface area contributed by atoms with Crippen LogP contribution in [0.2, 0.25) is 25.7 Å². The van der Waals surface area contributed by atoms with Gasteiger partial charge < -0.3 is 9.47 Å². The quantitative estimate of drug-likeness (QED) is 0.487. The van der Waals surface area contributed by atoms with E-state index in [2.05, 4.69) is 26.6 Å². The van der Waals surface area contributed by atoms with Gasteiger partial charge in [0.05, 0.1) is 19.3 Å². The first kappa shape index (κ1) is 11.2. The highest BCUT2D eigenvalue weighted by atomic mass is 28.3. The molecule has 0 radical (unpaired) electrons. The Morgan fingerprint density at radius 2 is 2.08 bits per heavy atom. The van der Waals surface area contributed by atoms with Crippen molar-refractivity contribution in [2.45, 2.75) is 51.2 Å². The first-order valence-corrected chi connectivity index (χ1v) is 8.95. The predicted molar refractivity (Wildman–Crippen MR) is 57.9 cm³/mol. The standard InChI is InChI=1S/C10H22O2Si/c1-5-9(8-13(2,3)4)11-6-10-7-12-10/h9-10H,5-8H2,1-4H3. The van der Waals surface area contributed by atoms with Crippen LogP contribution in [0.3, 0.4) is 0 Å². The third kappa shape index (κ3) is 5.44. The average Bonchev–Trinajstić information content (AvgIpc) is 2.78. The van der Waals surface area contributed by atoms with Crippen LogP contribution in [0, 0.1) is 0 Å². The molecule has 0 N–H and O–H groups in total. The summed E-state index contributed by atoms with van der Waals surface area (Å²) in [6, 6.07) is 1.27. The van der Waals surface area contributed by atoms with Crippen LogP contribution >= 0.6 is 0 Å². The predicted octanol–water partition coefficient (Wildman–Crippen LogP) is 2.52. The van der Waals surface area contributed by atoms with E-state index in [-0.39, 0.29) is 0 Å². The highest BCUT2D eigenvalue weighted by Crippen LogP contribution is 2.18. The third-order valence-electron chi connectivity index (χ3n) is 2.22. The molecule has 0 aromatic carbocycles. The molecule has 78 valence electrons. The van der Waals surface area contributed by atoms with E-state index >= 15 is 0 Å². The van der Waals surface area contributed by atoms with Crippen molar-refractivity contribution in [1.29, 1.82) is 0 Å². The normalized spacial score (nSPS) is 24.5. The summed E-state index contributed by atoms with van der Waals surface area (Å²) in [5, 5.41) is 0. The van der Waals surface area contributed by atoms with Crippen LogP contribution in [0.5, 0.6) is 0 Å². The van der Waals surface area contributed by atoms with Gasteiger partial charge in [0.2, 0.25) is 0 Å². The summed E-state index contributed by atoms with van der Waals surface area (Å²) in [6.07, 6.45) is 2.02. The van der Waals surface area contributed by atoms with Crippen LogP contribution in [0.4, 0.5) is 0 Å². The minimum Gasteiger partial charge on any atom is -0.376 e. The molecule has 2 nitrogen and oxygen atoms in total. The largest absolute Gasteiger partial charge is 0.376 e. The highest BCUT2D eigenvalue weighted by molar-refractivity contribution is 6.76. The molecule has 1 aliphatic rings. The average molecular weight is 202 g/mol. The number of hydrogen-bond acceptors (Lipinski definition) is 2.